The summed E-state index contributed by atoms with van der Waals surface area (Å²) in [6, 6.07) is 40.4. The lowest BCUT2D eigenvalue weighted by Crippen LogP contribution is -2.56. The van der Waals surface area contributed by atoms with Gasteiger partial charge in [-0.2, -0.15) is 0 Å². The van der Waals surface area contributed by atoms with Crippen molar-refractivity contribution < 1.29 is 8.83 Å². The Labute approximate surface area is 322 Å². The summed E-state index contributed by atoms with van der Waals surface area (Å²) in [5, 5.41) is 6.03. The van der Waals surface area contributed by atoms with E-state index in [-0.39, 0.29) is 17.7 Å². The number of rotatable bonds is 1. The molecule has 4 nitrogen and oxygen atoms in total. The lowest BCUT2D eigenvalue weighted by atomic mass is 9.47. The lowest BCUT2D eigenvalue weighted by molar-refractivity contribution is 0.332. The maximum atomic E-state index is 7.27. The first-order valence-corrected chi connectivity index (χ1v) is 20.4. The van der Waals surface area contributed by atoms with Gasteiger partial charge in [0, 0.05) is 60.2 Å². The van der Waals surface area contributed by atoms with Crippen LogP contribution in [0.5, 0.6) is 0 Å². The van der Waals surface area contributed by atoms with E-state index in [0.29, 0.717) is 0 Å². The van der Waals surface area contributed by atoms with E-state index in [9.17, 15) is 0 Å². The van der Waals surface area contributed by atoms with Gasteiger partial charge in [-0.05, 0) is 88.6 Å². The Bertz CT molecular complexity index is 3370. The van der Waals surface area contributed by atoms with Crippen LogP contribution in [0.4, 0.5) is 17.1 Å². The molecule has 13 rings (SSSR count). The van der Waals surface area contributed by atoms with Gasteiger partial charge in [-0.15, -0.1) is 11.3 Å². The Hall–Kier alpha value is -5.72. The molecule has 2 aliphatic heterocycles. The fourth-order valence-electron chi connectivity index (χ4n) is 10.8. The Morgan fingerprint density at radius 2 is 1.31 bits per heavy atom. The molecule has 0 unspecified atom stereocenters. The molecule has 3 aliphatic rings. The van der Waals surface area contributed by atoms with E-state index in [0.717, 1.165) is 51.0 Å². The molecule has 0 spiro atoms. The van der Waals surface area contributed by atoms with Gasteiger partial charge in [0.25, 0.3) is 0 Å². The lowest BCUT2D eigenvalue weighted by Gasteiger charge is -2.44. The topological polar surface area (TPSA) is 34.5 Å². The van der Waals surface area contributed by atoms with Crippen LogP contribution < -0.4 is 16.0 Å². The van der Waals surface area contributed by atoms with E-state index in [1.807, 2.05) is 11.3 Å². The number of nitrogens with zero attached hydrogens (tertiary/aromatic N) is 2. The van der Waals surface area contributed by atoms with Crippen molar-refractivity contribution in [3.8, 4) is 11.1 Å². The van der Waals surface area contributed by atoms with Crippen LogP contribution in [0.1, 0.15) is 57.2 Å². The molecule has 4 aromatic heterocycles. The third kappa shape index (κ3) is 3.65. The molecule has 1 aliphatic carbocycles. The van der Waals surface area contributed by atoms with Crippen LogP contribution in [-0.2, 0) is 10.8 Å². The standard InChI is InChI=1S/C49H37BN2O2S/c1-26-23-32-33(49(4,5)22-21-48(32,2)3)24-34(26)51-35-25-38-40(27-13-6-9-18-36(27)53-38)41-30-16-12-17-31-43(30)52(44-29-15-8-11-20-39(29)55-46(31)44)50(42(35)41)47-45(51)28-14-7-10-19-37(28)54-47/h6-20,23-25H,21-22H2,1-5H3. The first kappa shape index (κ1) is 30.6. The third-order valence-corrected chi connectivity index (χ3v) is 14.7. The third-order valence-electron chi connectivity index (χ3n) is 13.5. The summed E-state index contributed by atoms with van der Waals surface area (Å²) in [6.45, 7) is 11.8. The number of benzene rings is 6. The molecule has 55 heavy (non-hydrogen) atoms. The second-order valence-electron chi connectivity index (χ2n) is 17.5. The molecule has 0 N–H and O–H groups in total. The molecule has 6 heteroatoms. The smallest absolute Gasteiger partial charge is 0.376 e. The van der Waals surface area contributed by atoms with E-state index in [1.54, 1.807) is 0 Å². The zero-order valence-electron chi connectivity index (χ0n) is 31.5. The second kappa shape index (κ2) is 9.93. The van der Waals surface area contributed by atoms with Gasteiger partial charge in [0.15, 0.2) is 0 Å². The average Bonchev–Trinajstić information content (AvgIpc) is 3.94. The monoisotopic (exact) mass is 728 g/mol. The first-order valence-electron chi connectivity index (χ1n) is 19.6. The maximum Gasteiger partial charge on any atom is 0.376 e. The van der Waals surface area contributed by atoms with Gasteiger partial charge in [0.05, 0.1) is 15.9 Å². The molecule has 0 amide bonds. The number of anilines is 3. The maximum absolute atomic E-state index is 7.27. The fraction of sp³-hybridized carbons (Fsp3) is 0.184. The Morgan fingerprint density at radius 3 is 2.11 bits per heavy atom. The van der Waals surface area contributed by atoms with Crippen molar-refractivity contribution in [3.63, 3.8) is 0 Å². The van der Waals surface area contributed by atoms with Crippen molar-refractivity contribution in [2.24, 2.45) is 0 Å². The van der Waals surface area contributed by atoms with Crippen molar-refractivity contribution in [3.05, 3.63) is 126 Å². The van der Waals surface area contributed by atoms with Gasteiger partial charge >= 0.3 is 6.85 Å². The molecule has 0 saturated carbocycles. The van der Waals surface area contributed by atoms with Crippen LogP contribution in [0.3, 0.4) is 0 Å². The summed E-state index contributed by atoms with van der Waals surface area (Å²) in [6.07, 6.45) is 2.34. The summed E-state index contributed by atoms with van der Waals surface area (Å²) in [5.74, 6) is 0. The molecule has 0 radical (unpaired) electrons. The average molecular weight is 729 g/mol. The molecular formula is C49H37BN2O2S. The molecule has 0 atom stereocenters. The number of hydrogen-bond donors (Lipinski definition) is 0. The summed E-state index contributed by atoms with van der Waals surface area (Å²) < 4.78 is 19.4. The van der Waals surface area contributed by atoms with Gasteiger partial charge in [0.2, 0.25) is 0 Å². The minimum atomic E-state index is -0.192. The highest BCUT2D eigenvalue weighted by Gasteiger charge is 2.48. The highest BCUT2D eigenvalue weighted by molar-refractivity contribution is 7.27. The van der Waals surface area contributed by atoms with E-state index in [2.05, 4.69) is 153 Å². The normalized spacial score (nSPS) is 16.5. The minimum absolute atomic E-state index is 0.0519. The van der Waals surface area contributed by atoms with Crippen LogP contribution in [0, 0.1) is 6.92 Å². The number of fused-ring (bicyclic) bond motifs is 16. The van der Waals surface area contributed by atoms with Crippen LogP contribution >= 0.6 is 11.3 Å². The predicted molar refractivity (Wildman–Crippen MR) is 232 cm³/mol. The van der Waals surface area contributed by atoms with E-state index in [4.69, 9.17) is 8.83 Å². The molecule has 0 saturated heterocycles. The highest BCUT2D eigenvalue weighted by Crippen LogP contribution is 2.54. The summed E-state index contributed by atoms with van der Waals surface area (Å²) in [4.78, 5) is 2.55. The number of para-hydroxylation sites is 3. The van der Waals surface area contributed by atoms with Crippen LogP contribution in [0.25, 0.3) is 75.2 Å². The molecular weight excluding hydrogens is 691 g/mol. The van der Waals surface area contributed by atoms with E-state index in [1.165, 1.54) is 82.0 Å². The Morgan fingerprint density at radius 1 is 0.636 bits per heavy atom. The molecule has 6 heterocycles. The van der Waals surface area contributed by atoms with Crippen molar-refractivity contribution in [1.82, 2.24) is 4.48 Å². The minimum Gasteiger partial charge on any atom is -0.466 e. The SMILES string of the molecule is Cc1cc2c(cc1N1c3cc4oc5ccccc5c4c4c3B(c3oc5ccccc5c31)n1c3c-4cccc3c3sc4ccccc4c31)C(C)(C)CCC2(C)C. The Kier molecular flexibility index (Phi) is 5.52. The second-order valence-corrected chi connectivity index (χ2v) is 18.6. The summed E-state index contributed by atoms with van der Waals surface area (Å²) >= 11 is 1.90. The van der Waals surface area contributed by atoms with Crippen molar-refractivity contribution in [2.45, 2.75) is 58.3 Å². The first-order chi connectivity index (χ1) is 26.7. The fourth-order valence-corrected chi connectivity index (χ4v) is 12.0. The number of furan rings is 2. The van der Waals surface area contributed by atoms with Gasteiger partial charge < -0.3 is 18.2 Å². The van der Waals surface area contributed by atoms with E-state index >= 15 is 0 Å². The Balaban J connectivity index is 1.25. The molecule has 6 aromatic carbocycles. The zero-order valence-corrected chi connectivity index (χ0v) is 32.3. The largest absolute Gasteiger partial charge is 0.466 e. The predicted octanol–water partition coefficient (Wildman–Crippen LogP) is 12.7. The van der Waals surface area contributed by atoms with Crippen molar-refractivity contribution in [2.75, 3.05) is 4.90 Å². The van der Waals surface area contributed by atoms with Crippen LogP contribution in [-0.4, -0.2) is 11.3 Å². The molecule has 264 valence electrons. The van der Waals surface area contributed by atoms with Crippen LogP contribution in [0.15, 0.2) is 118 Å². The molecule has 10 aromatic rings. The van der Waals surface area contributed by atoms with Gasteiger partial charge in [0.1, 0.15) is 22.4 Å². The quantitative estimate of drug-likeness (QED) is 0.158. The molecule has 0 fully saturated rings. The number of aromatic nitrogens is 1. The van der Waals surface area contributed by atoms with Crippen molar-refractivity contribution in [1.29, 1.82) is 0 Å². The van der Waals surface area contributed by atoms with Gasteiger partial charge in [-0.1, -0.05) is 100 Å². The zero-order chi connectivity index (χ0) is 36.7. The highest BCUT2D eigenvalue weighted by atomic mass is 32.1. The summed E-state index contributed by atoms with van der Waals surface area (Å²) in [7, 11) is 0. The van der Waals surface area contributed by atoms with Gasteiger partial charge in [-0.25, -0.2) is 0 Å². The van der Waals surface area contributed by atoms with Crippen LogP contribution in [0.2, 0.25) is 0 Å². The molecule has 0 bridgehead atoms. The van der Waals surface area contributed by atoms with Gasteiger partial charge in [-0.3, -0.25) is 0 Å². The van der Waals surface area contributed by atoms with Crippen molar-refractivity contribution >= 4 is 110 Å². The number of hydrogen-bond acceptors (Lipinski definition) is 4. The summed E-state index contributed by atoms with van der Waals surface area (Å²) in [5.41, 5.74) is 17.9. The number of thiophene rings is 1. The number of aryl methyl sites for hydroxylation is 1. The van der Waals surface area contributed by atoms with E-state index < -0.39 is 0 Å².